The van der Waals surface area contributed by atoms with Crippen molar-refractivity contribution >= 4 is 21.8 Å². The van der Waals surface area contributed by atoms with Crippen LogP contribution in [0.5, 0.6) is 0 Å². The summed E-state index contributed by atoms with van der Waals surface area (Å²) in [6.07, 6.45) is 2.82. The maximum absolute atomic E-state index is 13.3. The number of hydrogen-bond acceptors (Lipinski definition) is 8. The van der Waals surface area contributed by atoms with Gasteiger partial charge in [-0.15, -0.1) is 0 Å². The van der Waals surface area contributed by atoms with Gasteiger partial charge in [-0.3, -0.25) is 4.98 Å². The van der Waals surface area contributed by atoms with Gasteiger partial charge in [0.25, 0.3) is 0 Å². The number of carboxylic acid groups (broad SMARTS) is 1. The number of carbonyl (C=O) groups is 1. The predicted octanol–water partition coefficient (Wildman–Crippen LogP) is 3.46. The first-order valence-corrected chi connectivity index (χ1v) is 13.3. The van der Waals surface area contributed by atoms with Crippen LogP contribution in [0.25, 0.3) is 22.5 Å². The highest BCUT2D eigenvalue weighted by Gasteiger charge is 2.55. The zero-order chi connectivity index (χ0) is 28.6. The first-order chi connectivity index (χ1) is 18.1. The van der Waals surface area contributed by atoms with Crippen molar-refractivity contribution in [3.8, 4) is 22.5 Å². The summed E-state index contributed by atoms with van der Waals surface area (Å²) in [5.41, 5.74) is 8.14. The first kappa shape index (κ1) is 28.4. The number of carboxylic acids is 1. The number of benzene rings is 1. The van der Waals surface area contributed by atoms with Gasteiger partial charge < -0.3 is 15.9 Å². The van der Waals surface area contributed by atoms with Crippen molar-refractivity contribution in [1.29, 1.82) is 0 Å². The van der Waals surface area contributed by atoms with E-state index in [-0.39, 0.29) is 10.7 Å². The van der Waals surface area contributed by atoms with E-state index in [4.69, 9.17) is 15.6 Å². The Morgan fingerprint density at radius 2 is 1.72 bits per heavy atom. The fourth-order valence-electron chi connectivity index (χ4n) is 4.95. The number of nitrogen functional groups attached to an aromatic ring is 1. The number of nitrogens with one attached hydrogen (secondary N) is 1. The largest absolute Gasteiger partial charge is 0.490 e. The average Bonchev–Trinajstić information content (AvgIpc) is 3.37. The van der Waals surface area contributed by atoms with Crippen LogP contribution < -0.4 is 10.5 Å². The number of hydrogen-bond donors (Lipinski definition) is 4. The quantitative estimate of drug-likeness (QED) is 0.362. The monoisotopic (exact) mass is 565 g/mol. The number of anilines is 1. The molecule has 0 amide bonds. The van der Waals surface area contributed by atoms with Gasteiger partial charge in [0.15, 0.2) is 0 Å². The Kier molecular flexibility index (Phi) is 7.40. The number of halogens is 3. The minimum atomic E-state index is -5.08. The lowest BCUT2D eigenvalue weighted by Gasteiger charge is -2.27. The Morgan fingerprint density at radius 3 is 2.26 bits per heavy atom. The van der Waals surface area contributed by atoms with Gasteiger partial charge in [0.2, 0.25) is 10.0 Å². The standard InChI is InChI=1S/C23H25N5O3S.C2HF3O2/c1-15-2-3-17(32(30,31)28-22-6-8-23(29,14-22)9-7-22)12-18(15)19-13-26-21(24)20(27-19)16-4-10-25-11-5-16;3-2(4,5)1(6)7/h2-5,10-13,28-29H,6-9,14H2,1H3,(H2,24,26);(H,6,7). The second-order valence-corrected chi connectivity index (χ2v) is 11.5. The van der Waals surface area contributed by atoms with E-state index in [1.165, 1.54) is 0 Å². The summed E-state index contributed by atoms with van der Waals surface area (Å²) in [4.78, 5) is 22.0. The highest BCUT2D eigenvalue weighted by molar-refractivity contribution is 7.89. The van der Waals surface area contributed by atoms with Crippen LogP contribution in [0.4, 0.5) is 19.0 Å². The molecular weight excluding hydrogens is 539 g/mol. The van der Waals surface area contributed by atoms with Gasteiger partial charge in [0.1, 0.15) is 11.5 Å². The number of alkyl halides is 3. The lowest BCUT2D eigenvalue weighted by Crippen LogP contribution is -2.44. The third kappa shape index (κ3) is 6.18. The molecule has 5 rings (SSSR count). The number of aromatic nitrogens is 3. The van der Waals surface area contributed by atoms with Gasteiger partial charge >= 0.3 is 12.1 Å². The minimum absolute atomic E-state index is 0.166. The smallest absolute Gasteiger partial charge is 0.475 e. The van der Waals surface area contributed by atoms with Crippen LogP contribution in [0, 0.1) is 6.92 Å². The van der Waals surface area contributed by atoms with E-state index in [0.717, 1.165) is 11.1 Å². The van der Waals surface area contributed by atoms with Crippen molar-refractivity contribution in [2.45, 2.75) is 61.2 Å². The molecule has 3 aromatic rings. The molecule has 14 heteroatoms. The van der Waals surface area contributed by atoms with Crippen molar-refractivity contribution in [1.82, 2.24) is 19.7 Å². The van der Waals surface area contributed by atoms with E-state index in [1.54, 1.807) is 48.9 Å². The SMILES string of the molecule is Cc1ccc(S(=O)(=O)NC23CCC(O)(CC2)C3)cc1-c1cnc(N)c(-c2ccncc2)n1.O=C(O)C(F)(F)F. The van der Waals surface area contributed by atoms with Crippen molar-refractivity contribution in [3.63, 3.8) is 0 Å². The molecule has 2 aliphatic carbocycles. The maximum Gasteiger partial charge on any atom is 0.490 e. The summed E-state index contributed by atoms with van der Waals surface area (Å²) in [5.74, 6) is -2.47. The van der Waals surface area contributed by atoms with Gasteiger partial charge in [0.05, 0.1) is 22.4 Å². The number of aliphatic hydroxyl groups is 1. The van der Waals surface area contributed by atoms with Crippen LogP contribution in [0.2, 0.25) is 0 Å². The third-order valence-corrected chi connectivity index (χ3v) is 8.52. The summed E-state index contributed by atoms with van der Waals surface area (Å²) in [7, 11) is -3.77. The fourth-order valence-corrected chi connectivity index (χ4v) is 6.44. The number of nitrogens with two attached hydrogens (primary N) is 1. The molecule has 2 fully saturated rings. The van der Waals surface area contributed by atoms with Crippen LogP contribution in [-0.2, 0) is 14.8 Å². The third-order valence-electron chi connectivity index (χ3n) is 6.95. The molecule has 2 aromatic heterocycles. The summed E-state index contributed by atoms with van der Waals surface area (Å²) < 4.78 is 61.1. The Bertz CT molecular complexity index is 1490. The van der Waals surface area contributed by atoms with Crippen LogP contribution in [0.3, 0.4) is 0 Å². The molecule has 2 bridgehead atoms. The van der Waals surface area contributed by atoms with E-state index < -0.39 is 33.3 Å². The molecule has 0 aliphatic heterocycles. The normalized spacial score (nSPS) is 22.3. The van der Waals surface area contributed by atoms with Crippen LogP contribution >= 0.6 is 0 Å². The van der Waals surface area contributed by atoms with E-state index in [9.17, 15) is 26.7 Å². The highest BCUT2D eigenvalue weighted by Crippen LogP contribution is 2.51. The van der Waals surface area contributed by atoms with Gasteiger partial charge in [-0.05, 0) is 68.9 Å². The molecule has 0 atom stereocenters. The summed E-state index contributed by atoms with van der Waals surface area (Å²) in [6, 6.07) is 8.59. The number of aryl methyl sites for hydroxylation is 1. The van der Waals surface area contributed by atoms with Crippen molar-refractivity contribution in [3.05, 3.63) is 54.5 Å². The number of rotatable bonds is 5. The maximum atomic E-state index is 13.3. The van der Waals surface area contributed by atoms with Crippen LogP contribution in [0.1, 0.15) is 37.7 Å². The minimum Gasteiger partial charge on any atom is -0.475 e. The molecule has 0 spiro atoms. The zero-order valence-corrected chi connectivity index (χ0v) is 21.6. The lowest BCUT2D eigenvalue weighted by atomic mass is 9.94. The second kappa shape index (κ2) is 10.2. The van der Waals surface area contributed by atoms with E-state index in [2.05, 4.69) is 19.7 Å². The van der Waals surface area contributed by atoms with Gasteiger partial charge in [-0.25, -0.2) is 27.9 Å². The molecule has 39 heavy (non-hydrogen) atoms. The molecule has 0 radical (unpaired) electrons. The Morgan fingerprint density at radius 1 is 1.10 bits per heavy atom. The second-order valence-electron chi connectivity index (χ2n) is 9.79. The highest BCUT2D eigenvalue weighted by atomic mass is 32.2. The van der Waals surface area contributed by atoms with E-state index in [1.807, 2.05) is 6.92 Å². The van der Waals surface area contributed by atoms with Gasteiger partial charge in [-0.2, -0.15) is 13.2 Å². The molecule has 0 unspecified atom stereocenters. The number of nitrogens with zero attached hydrogens (tertiary/aromatic N) is 3. The molecule has 2 heterocycles. The molecule has 10 nitrogen and oxygen atoms in total. The van der Waals surface area contributed by atoms with Crippen LogP contribution in [0.15, 0.2) is 53.8 Å². The molecule has 2 saturated carbocycles. The van der Waals surface area contributed by atoms with Crippen molar-refractivity contribution < 1.29 is 36.6 Å². The van der Waals surface area contributed by atoms with Crippen molar-refractivity contribution in [2.75, 3.05) is 5.73 Å². The molecule has 2 aliphatic rings. The van der Waals surface area contributed by atoms with E-state index >= 15 is 0 Å². The number of sulfonamides is 1. The summed E-state index contributed by atoms with van der Waals surface area (Å²) in [5, 5.41) is 17.6. The first-order valence-electron chi connectivity index (χ1n) is 11.8. The van der Waals surface area contributed by atoms with Gasteiger partial charge in [-0.1, -0.05) is 6.07 Å². The lowest BCUT2D eigenvalue weighted by molar-refractivity contribution is -0.192. The van der Waals surface area contributed by atoms with Gasteiger partial charge in [0, 0.05) is 29.1 Å². The average molecular weight is 566 g/mol. The Hall–Kier alpha value is -3.62. The predicted molar refractivity (Wildman–Crippen MR) is 135 cm³/mol. The summed E-state index contributed by atoms with van der Waals surface area (Å²) >= 11 is 0. The topological polar surface area (TPSA) is 168 Å². The number of pyridine rings is 1. The summed E-state index contributed by atoms with van der Waals surface area (Å²) in [6.45, 7) is 1.90. The zero-order valence-electron chi connectivity index (χ0n) is 20.7. The number of fused-ring (bicyclic) bond motifs is 2. The fraction of sp³-hybridized carbons (Fsp3) is 0.360. The number of aliphatic carboxylic acids is 1. The Balaban J connectivity index is 0.000000448. The molecule has 1 aromatic carbocycles. The Labute approximate surface area is 222 Å². The molecule has 0 saturated heterocycles. The van der Waals surface area contributed by atoms with Crippen LogP contribution in [-0.4, -0.2) is 56.9 Å². The molecule has 5 N–H and O–H groups in total. The van der Waals surface area contributed by atoms with Crippen molar-refractivity contribution in [2.24, 2.45) is 0 Å². The molecular formula is C25H26F3N5O5S. The van der Waals surface area contributed by atoms with E-state index in [0.29, 0.717) is 49.1 Å². The molecule has 208 valence electrons.